The molecule has 1 aromatic carbocycles. The van der Waals surface area contributed by atoms with Crippen LogP contribution < -0.4 is 4.74 Å². The van der Waals surface area contributed by atoms with Crippen molar-refractivity contribution in [3.05, 3.63) is 47.2 Å². The Morgan fingerprint density at radius 1 is 1.18 bits per heavy atom. The average Bonchev–Trinajstić information content (AvgIpc) is 3.57. The number of pyridine rings is 1. The maximum absolute atomic E-state index is 14.2. The van der Waals surface area contributed by atoms with Gasteiger partial charge in [-0.1, -0.05) is 44.1 Å². The van der Waals surface area contributed by atoms with Crippen LogP contribution in [0.4, 0.5) is 13.2 Å². The van der Waals surface area contributed by atoms with Crippen molar-refractivity contribution in [2.24, 2.45) is 17.3 Å². The molecule has 5 atom stereocenters. The summed E-state index contributed by atoms with van der Waals surface area (Å²) < 4.78 is 53.5. The summed E-state index contributed by atoms with van der Waals surface area (Å²) in [6, 6.07) is 3.29. The first-order chi connectivity index (χ1) is 21.4. The molecular weight excluding hydrogens is 585 g/mol. The van der Waals surface area contributed by atoms with E-state index in [9.17, 15) is 27.6 Å². The fraction of sp³-hybridized carbons (Fsp3) is 0.600. The zero-order valence-electron chi connectivity index (χ0n) is 26.2. The third kappa shape index (κ3) is 5.74. The van der Waals surface area contributed by atoms with Crippen LogP contribution in [0.1, 0.15) is 88.5 Å². The Labute approximate surface area is 261 Å². The van der Waals surface area contributed by atoms with Crippen molar-refractivity contribution < 1.29 is 37.0 Å². The molecule has 1 saturated heterocycles. The summed E-state index contributed by atoms with van der Waals surface area (Å²) in [5.41, 5.74) is -1.69. The molecule has 4 aliphatic rings. The van der Waals surface area contributed by atoms with Crippen molar-refractivity contribution in [3.63, 3.8) is 0 Å². The lowest BCUT2D eigenvalue weighted by molar-refractivity contribution is -0.152. The second-order valence-electron chi connectivity index (χ2n) is 13.5. The van der Waals surface area contributed by atoms with Gasteiger partial charge in [-0.3, -0.25) is 14.4 Å². The minimum absolute atomic E-state index is 0.0121. The molecule has 10 heteroatoms. The highest BCUT2D eigenvalue weighted by atomic mass is 19.4. The van der Waals surface area contributed by atoms with Crippen LogP contribution in [0.2, 0.25) is 0 Å². The van der Waals surface area contributed by atoms with Crippen molar-refractivity contribution in [1.82, 2.24) is 9.88 Å². The highest BCUT2D eigenvalue weighted by Gasteiger charge is 2.62. The SMILES string of the molecule is CCOC(=O)[C@]12CC(=O)[C@@H]3C[C@]4(CCc5c(c(C)nc6c(C(F)(F)F)cccc56)O4)CN3C(=O)[C@@H](C)CCCCC/C=C\[C@@H]1C2. The number of hydrogen-bond acceptors (Lipinski definition) is 6. The van der Waals surface area contributed by atoms with E-state index in [0.717, 1.165) is 31.7 Å². The molecule has 1 saturated carbocycles. The number of benzene rings is 1. The Morgan fingerprint density at radius 2 is 1.98 bits per heavy atom. The number of alkyl halides is 3. The third-order valence-electron chi connectivity index (χ3n) is 10.4. The van der Waals surface area contributed by atoms with Crippen molar-refractivity contribution in [2.75, 3.05) is 13.2 Å². The predicted molar refractivity (Wildman–Crippen MR) is 161 cm³/mol. The minimum atomic E-state index is -4.55. The number of allylic oxidation sites excluding steroid dienone is 2. The van der Waals surface area contributed by atoms with E-state index in [1.165, 1.54) is 6.07 Å². The Hall–Kier alpha value is -3.43. The summed E-state index contributed by atoms with van der Waals surface area (Å²) in [6.07, 6.45) is 5.73. The first kappa shape index (κ1) is 31.5. The number of carbonyl (C=O) groups is 3. The second-order valence-corrected chi connectivity index (χ2v) is 13.5. The average molecular weight is 627 g/mol. The number of rotatable bonds is 2. The minimum Gasteiger partial charge on any atom is -0.483 e. The maximum atomic E-state index is 14.2. The number of para-hydroxylation sites is 1. The number of hydrogen-bond donors (Lipinski definition) is 0. The molecule has 4 heterocycles. The highest BCUT2D eigenvalue weighted by molar-refractivity contribution is 5.95. The van der Waals surface area contributed by atoms with Gasteiger partial charge >= 0.3 is 12.1 Å². The number of esters is 1. The Kier molecular flexibility index (Phi) is 8.23. The van der Waals surface area contributed by atoms with E-state index in [1.54, 1.807) is 24.8 Å². The Balaban J connectivity index is 1.34. The molecule has 3 aliphatic heterocycles. The lowest BCUT2D eigenvalue weighted by Gasteiger charge is -2.37. The lowest BCUT2D eigenvalue weighted by atomic mass is 9.85. The third-order valence-corrected chi connectivity index (χ3v) is 10.4. The number of amides is 1. The number of aromatic nitrogens is 1. The summed E-state index contributed by atoms with van der Waals surface area (Å²) >= 11 is 0. The number of aryl methyl sites for hydroxylation is 2. The molecule has 6 rings (SSSR count). The van der Waals surface area contributed by atoms with Gasteiger partial charge in [0, 0.05) is 29.7 Å². The number of Topliss-reactive ketones (excluding diaryl/α,β-unsaturated/α-hetero) is 1. The number of halogens is 3. The van der Waals surface area contributed by atoms with Gasteiger partial charge in [0.2, 0.25) is 5.91 Å². The second kappa shape index (κ2) is 11.7. The number of nitrogens with zero attached hydrogens (tertiary/aromatic N) is 2. The topological polar surface area (TPSA) is 85.8 Å². The molecule has 45 heavy (non-hydrogen) atoms. The van der Waals surface area contributed by atoms with Crippen LogP contribution in [-0.2, 0) is 31.7 Å². The van der Waals surface area contributed by atoms with Gasteiger partial charge in [-0.05, 0) is 64.4 Å². The molecule has 0 radical (unpaired) electrons. The van der Waals surface area contributed by atoms with Gasteiger partial charge in [0.1, 0.15) is 11.4 Å². The molecule has 0 bridgehead atoms. The standard InChI is InChI=1S/C35H41F3N2O5/c1-4-44-32(43)34-17-23(34)12-9-7-5-6-8-11-21(2)31(42)40-20-33(18-27(40)28(41)19-34)16-15-25-24-13-10-14-26(35(36,37)38)29(24)39-22(3)30(25)45-33/h9-10,12-14,21,23,27H,4-8,11,15-20H2,1-3H3/b12-9-/t21-,23+,27-,33+,34+/m0/s1. The van der Waals surface area contributed by atoms with Crippen molar-refractivity contribution in [1.29, 1.82) is 0 Å². The number of ether oxygens (including phenoxy) is 2. The quantitative estimate of drug-likeness (QED) is 0.266. The van der Waals surface area contributed by atoms with Crippen molar-refractivity contribution in [2.45, 2.75) is 103 Å². The molecule has 0 unspecified atom stereocenters. The summed E-state index contributed by atoms with van der Waals surface area (Å²) in [7, 11) is 0. The normalized spacial score (nSPS) is 31.3. The zero-order chi connectivity index (χ0) is 32.1. The van der Waals surface area contributed by atoms with Gasteiger partial charge in [0.25, 0.3) is 0 Å². The fourth-order valence-electron chi connectivity index (χ4n) is 7.78. The van der Waals surface area contributed by atoms with Crippen LogP contribution in [0.15, 0.2) is 30.4 Å². The van der Waals surface area contributed by atoms with Crippen LogP contribution in [0.25, 0.3) is 10.9 Å². The number of ketones is 1. The monoisotopic (exact) mass is 626 g/mol. The summed E-state index contributed by atoms with van der Waals surface area (Å²) in [4.78, 5) is 47.3. The van der Waals surface area contributed by atoms with Gasteiger partial charge < -0.3 is 14.4 Å². The summed E-state index contributed by atoms with van der Waals surface area (Å²) in [5, 5.41) is 0.401. The van der Waals surface area contributed by atoms with Gasteiger partial charge in [-0.15, -0.1) is 0 Å². The Morgan fingerprint density at radius 3 is 2.73 bits per heavy atom. The van der Waals surface area contributed by atoms with Crippen LogP contribution in [0.5, 0.6) is 5.75 Å². The van der Waals surface area contributed by atoms with E-state index in [0.29, 0.717) is 48.1 Å². The van der Waals surface area contributed by atoms with E-state index in [-0.39, 0.29) is 61.0 Å². The molecule has 0 N–H and O–H groups in total. The first-order valence-electron chi connectivity index (χ1n) is 16.2. The maximum Gasteiger partial charge on any atom is 0.418 e. The van der Waals surface area contributed by atoms with Crippen LogP contribution in [-0.4, -0.2) is 52.3 Å². The molecule has 2 fully saturated rings. The highest BCUT2D eigenvalue weighted by Crippen LogP contribution is 2.58. The number of carbonyl (C=O) groups excluding carboxylic acids is 3. The molecule has 242 valence electrons. The van der Waals surface area contributed by atoms with E-state index in [2.05, 4.69) is 17.1 Å². The number of fused-ring (bicyclic) bond motifs is 5. The van der Waals surface area contributed by atoms with E-state index >= 15 is 0 Å². The summed E-state index contributed by atoms with van der Waals surface area (Å²) in [6.45, 7) is 5.71. The smallest absolute Gasteiger partial charge is 0.418 e. The van der Waals surface area contributed by atoms with Crippen LogP contribution in [0, 0.1) is 24.2 Å². The molecule has 1 spiro atoms. The van der Waals surface area contributed by atoms with Gasteiger partial charge in [0.15, 0.2) is 5.78 Å². The lowest BCUT2D eigenvalue weighted by Crippen LogP contribution is -2.46. The van der Waals surface area contributed by atoms with E-state index in [1.807, 2.05) is 6.92 Å². The van der Waals surface area contributed by atoms with Gasteiger partial charge in [-0.25, -0.2) is 4.98 Å². The Bertz CT molecular complexity index is 1550. The van der Waals surface area contributed by atoms with E-state index in [4.69, 9.17) is 9.47 Å². The molecule has 1 aromatic heterocycles. The van der Waals surface area contributed by atoms with Crippen LogP contribution in [0.3, 0.4) is 0 Å². The summed E-state index contributed by atoms with van der Waals surface area (Å²) in [5.74, 6) is -0.583. The van der Waals surface area contributed by atoms with Gasteiger partial charge in [-0.2, -0.15) is 13.2 Å². The van der Waals surface area contributed by atoms with Crippen molar-refractivity contribution >= 4 is 28.6 Å². The van der Waals surface area contributed by atoms with Crippen molar-refractivity contribution in [3.8, 4) is 5.75 Å². The molecule has 1 aliphatic carbocycles. The zero-order valence-corrected chi connectivity index (χ0v) is 26.2. The predicted octanol–water partition coefficient (Wildman–Crippen LogP) is 6.91. The largest absolute Gasteiger partial charge is 0.483 e. The van der Waals surface area contributed by atoms with Gasteiger partial charge in [0.05, 0.1) is 41.4 Å². The molecular formula is C35H41F3N2O5. The molecule has 7 nitrogen and oxygen atoms in total. The molecule has 1 amide bonds. The molecule has 2 aromatic rings. The first-order valence-corrected chi connectivity index (χ1v) is 16.2. The van der Waals surface area contributed by atoms with Crippen LogP contribution >= 0.6 is 0 Å². The van der Waals surface area contributed by atoms with E-state index < -0.39 is 28.8 Å². The fourth-order valence-corrected chi connectivity index (χ4v) is 7.78.